The van der Waals surface area contributed by atoms with Crippen LogP contribution in [-0.2, 0) is 35.0 Å². The van der Waals surface area contributed by atoms with Gasteiger partial charge in [-0.2, -0.15) is 0 Å². The van der Waals surface area contributed by atoms with Gasteiger partial charge in [-0.05, 0) is 59.2 Å². The topological polar surface area (TPSA) is 220 Å². The number of carbonyl (C=O) groups is 4. The summed E-state index contributed by atoms with van der Waals surface area (Å²) in [6.07, 6.45) is -1.83. The summed E-state index contributed by atoms with van der Waals surface area (Å²) in [5.74, 6) is -3.15. The number of esters is 2. The third kappa shape index (κ3) is 9.52. The van der Waals surface area contributed by atoms with Gasteiger partial charge in [0.2, 0.25) is 5.54 Å². The molecule has 250 valence electrons. The number of hydrogen-bond acceptors (Lipinski definition) is 12. The lowest BCUT2D eigenvalue weighted by atomic mass is 9.91. The predicted octanol–water partition coefficient (Wildman–Crippen LogP) is 0.473. The largest absolute Gasteiger partial charge is 0.490 e. The molecule has 0 bridgehead atoms. The van der Waals surface area contributed by atoms with Gasteiger partial charge in [0.05, 0.1) is 12.6 Å². The van der Waals surface area contributed by atoms with Gasteiger partial charge in [0.1, 0.15) is 29.4 Å². The number of carboxylic acids is 1. The fraction of sp³-hybridized carbons (Fsp3) is 0.633. The zero-order valence-corrected chi connectivity index (χ0v) is 26.8. The molecule has 1 amide bonds. The van der Waals surface area contributed by atoms with Crippen LogP contribution in [-0.4, -0.2) is 119 Å². The second-order valence-electron chi connectivity index (χ2n) is 13.2. The molecule has 15 nitrogen and oxygen atoms in total. The number of nitrogens with zero attached hydrogens (tertiary/aromatic N) is 2. The number of cyclic esters (lactones) is 1. The summed E-state index contributed by atoms with van der Waals surface area (Å²) < 4.78 is 22.2. The van der Waals surface area contributed by atoms with Gasteiger partial charge in [-0.1, -0.05) is 12.1 Å². The van der Waals surface area contributed by atoms with E-state index in [-0.39, 0.29) is 25.4 Å². The van der Waals surface area contributed by atoms with E-state index in [0.29, 0.717) is 37.5 Å². The number of nitrogens with one attached hydrogen (secondary N) is 2. The molecule has 4 atom stereocenters. The minimum Gasteiger partial charge on any atom is -0.490 e. The third-order valence-electron chi connectivity index (χ3n) is 7.04. The fourth-order valence-corrected chi connectivity index (χ4v) is 4.99. The minimum atomic E-state index is -2.29. The molecule has 2 heterocycles. The van der Waals surface area contributed by atoms with Crippen LogP contribution in [0.3, 0.4) is 0 Å². The molecule has 2 fully saturated rings. The van der Waals surface area contributed by atoms with Gasteiger partial charge >= 0.3 is 24.0 Å². The van der Waals surface area contributed by atoms with Gasteiger partial charge in [-0.25, -0.2) is 19.2 Å². The Hall–Kier alpha value is -3.95. The molecule has 1 aromatic rings. The Kier molecular flexibility index (Phi) is 11.1. The second-order valence-corrected chi connectivity index (χ2v) is 13.2. The first-order valence-corrected chi connectivity index (χ1v) is 14.8. The van der Waals surface area contributed by atoms with E-state index >= 15 is 0 Å². The van der Waals surface area contributed by atoms with Gasteiger partial charge in [-0.15, -0.1) is 0 Å². The van der Waals surface area contributed by atoms with Crippen molar-refractivity contribution in [1.82, 2.24) is 15.1 Å². The number of piperazine rings is 1. The monoisotopic (exact) mass is 634 g/mol. The van der Waals surface area contributed by atoms with Gasteiger partial charge < -0.3 is 40.8 Å². The number of carbonyl (C=O) groups excluding carboxylic acids is 3. The molecule has 0 aliphatic carbocycles. The number of benzene rings is 1. The number of amides is 1. The van der Waals surface area contributed by atoms with Crippen LogP contribution in [0.15, 0.2) is 24.3 Å². The molecule has 0 spiro atoms. The van der Waals surface area contributed by atoms with E-state index < -0.39 is 58.9 Å². The lowest BCUT2D eigenvalue weighted by molar-refractivity contribution is -0.169. The molecule has 2 aliphatic heterocycles. The number of carboxylic acid groups (broad SMARTS) is 1. The molecule has 4 unspecified atom stereocenters. The van der Waals surface area contributed by atoms with Crippen LogP contribution >= 0.6 is 0 Å². The Morgan fingerprint density at radius 1 is 1.04 bits per heavy atom. The van der Waals surface area contributed by atoms with E-state index in [4.69, 9.17) is 35.8 Å². The standard InChI is InChI=1S/C30H46N6O9/c1-28(2,3)44-24(37)22(21(23(31)32)35-13-11-34-12-14-35)36-16-20(43-27(36)41)17-42-19-9-7-18(8-10-19)15-30(33,25(38)39)26(40)45-29(4,5)6/h7-10,20-22,34H,11-17,33H2,1-6H3,(H3,31,32)(H,38,39). The summed E-state index contributed by atoms with van der Waals surface area (Å²) in [5, 5.41) is 21.2. The van der Waals surface area contributed by atoms with Gasteiger partial charge in [-0.3, -0.25) is 15.2 Å². The number of amidine groups is 1. The van der Waals surface area contributed by atoms with Crippen molar-refractivity contribution in [3.05, 3.63) is 29.8 Å². The molecule has 2 aliphatic rings. The summed E-state index contributed by atoms with van der Waals surface area (Å²) in [5.41, 5.74) is 8.39. The number of nitrogens with two attached hydrogens (primary N) is 2. The van der Waals surface area contributed by atoms with Crippen LogP contribution in [0.2, 0.25) is 0 Å². The quantitative estimate of drug-likeness (QED) is 0.0695. The lowest BCUT2D eigenvalue weighted by Gasteiger charge is -2.40. The maximum absolute atomic E-state index is 13.5. The SMILES string of the molecule is CC(C)(C)OC(=O)C(C(C(=N)N)N1CCNCC1)N1CC(COc2ccc(CC(N)(C(=O)O)C(=O)OC(C)(C)C)cc2)OC1=O. The molecular formula is C30H46N6O9. The maximum atomic E-state index is 13.5. The summed E-state index contributed by atoms with van der Waals surface area (Å²) in [6.45, 7) is 12.2. The van der Waals surface area contributed by atoms with Crippen molar-refractivity contribution in [2.75, 3.05) is 39.3 Å². The number of aliphatic carboxylic acids is 1. The summed E-state index contributed by atoms with van der Waals surface area (Å²) in [6, 6.07) is 4.15. The van der Waals surface area contributed by atoms with Gasteiger partial charge in [0.25, 0.3) is 0 Å². The van der Waals surface area contributed by atoms with Crippen molar-refractivity contribution >= 4 is 29.8 Å². The number of hydrogen-bond donors (Lipinski definition) is 5. The highest BCUT2D eigenvalue weighted by Gasteiger charge is 2.48. The predicted molar refractivity (Wildman–Crippen MR) is 163 cm³/mol. The highest BCUT2D eigenvalue weighted by atomic mass is 16.6. The molecule has 1 aromatic carbocycles. The van der Waals surface area contributed by atoms with Crippen LogP contribution in [0.4, 0.5) is 4.79 Å². The first kappa shape index (κ1) is 35.5. The molecule has 2 saturated heterocycles. The molecule has 0 radical (unpaired) electrons. The normalized spacial score (nSPS) is 20.4. The first-order valence-electron chi connectivity index (χ1n) is 14.8. The van der Waals surface area contributed by atoms with E-state index in [9.17, 15) is 24.3 Å². The minimum absolute atomic E-state index is 0.0130. The second kappa shape index (κ2) is 14.0. The van der Waals surface area contributed by atoms with Gasteiger partial charge in [0.15, 0.2) is 12.1 Å². The van der Waals surface area contributed by atoms with Crippen LogP contribution in [0, 0.1) is 5.41 Å². The van der Waals surface area contributed by atoms with E-state index in [1.807, 2.05) is 4.90 Å². The van der Waals surface area contributed by atoms with Crippen molar-refractivity contribution in [2.24, 2.45) is 11.5 Å². The van der Waals surface area contributed by atoms with Crippen molar-refractivity contribution in [2.45, 2.75) is 82.9 Å². The van der Waals surface area contributed by atoms with E-state index in [0.717, 1.165) is 0 Å². The number of rotatable bonds is 12. The molecule has 0 saturated carbocycles. The third-order valence-corrected chi connectivity index (χ3v) is 7.04. The van der Waals surface area contributed by atoms with Crippen molar-refractivity contribution < 1.29 is 43.2 Å². The summed E-state index contributed by atoms with van der Waals surface area (Å²) >= 11 is 0. The van der Waals surface area contributed by atoms with E-state index in [1.165, 1.54) is 4.90 Å². The van der Waals surface area contributed by atoms with E-state index in [1.54, 1.807) is 65.8 Å². The highest BCUT2D eigenvalue weighted by Crippen LogP contribution is 2.25. The average Bonchev–Trinajstić information content (AvgIpc) is 3.28. The maximum Gasteiger partial charge on any atom is 0.411 e. The zero-order chi connectivity index (χ0) is 33.7. The van der Waals surface area contributed by atoms with Crippen molar-refractivity contribution in [1.29, 1.82) is 5.41 Å². The fourth-order valence-electron chi connectivity index (χ4n) is 4.99. The summed E-state index contributed by atoms with van der Waals surface area (Å²) in [4.78, 5) is 54.2. The lowest BCUT2D eigenvalue weighted by Crippen LogP contribution is -2.64. The number of ether oxygens (including phenoxy) is 4. The van der Waals surface area contributed by atoms with Crippen LogP contribution < -0.4 is 21.5 Å². The zero-order valence-electron chi connectivity index (χ0n) is 26.8. The Labute approximate surface area is 263 Å². The molecule has 7 N–H and O–H groups in total. The van der Waals surface area contributed by atoms with Crippen LogP contribution in [0.25, 0.3) is 0 Å². The van der Waals surface area contributed by atoms with Crippen LogP contribution in [0.1, 0.15) is 47.1 Å². The van der Waals surface area contributed by atoms with E-state index in [2.05, 4.69) is 5.32 Å². The molecule has 3 rings (SSSR count). The Morgan fingerprint density at radius 3 is 2.13 bits per heavy atom. The molecule has 15 heteroatoms. The molecular weight excluding hydrogens is 588 g/mol. The van der Waals surface area contributed by atoms with Crippen molar-refractivity contribution in [3.8, 4) is 5.75 Å². The smallest absolute Gasteiger partial charge is 0.411 e. The highest BCUT2D eigenvalue weighted by molar-refractivity contribution is 6.04. The Balaban J connectivity index is 1.71. The average molecular weight is 635 g/mol. The van der Waals surface area contributed by atoms with Crippen LogP contribution in [0.5, 0.6) is 5.75 Å². The first-order chi connectivity index (χ1) is 20.8. The van der Waals surface area contributed by atoms with Crippen molar-refractivity contribution in [3.63, 3.8) is 0 Å². The Bertz CT molecular complexity index is 1250. The molecule has 0 aromatic heterocycles. The molecule has 45 heavy (non-hydrogen) atoms. The Morgan fingerprint density at radius 2 is 1.62 bits per heavy atom. The summed E-state index contributed by atoms with van der Waals surface area (Å²) in [7, 11) is 0. The van der Waals surface area contributed by atoms with Gasteiger partial charge in [0, 0.05) is 32.6 Å².